The predicted molar refractivity (Wildman–Crippen MR) is 71.4 cm³/mol. The molecule has 2 heterocycles. The maximum absolute atomic E-state index is 13.9. The molecular weight excluding hydrogens is 266 g/mol. The molecule has 0 unspecified atom stereocenters. The Balaban J connectivity index is 2.16. The number of hydrogen-bond donors (Lipinski definition) is 1. The maximum Gasteiger partial charge on any atom is 0.326 e. The molecule has 20 heavy (non-hydrogen) atoms. The van der Waals surface area contributed by atoms with E-state index in [1.54, 1.807) is 0 Å². The molecule has 1 aromatic carbocycles. The lowest BCUT2D eigenvalue weighted by molar-refractivity contribution is 0.245. The van der Waals surface area contributed by atoms with Crippen LogP contribution in [0.15, 0.2) is 10.9 Å². The summed E-state index contributed by atoms with van der Waals surface area (Å²) in [5, 5.41) is 1.45. The van der Waals surface area contributed by atoms with Crippen LogP contribution in [-0.4, -0.2) is 27.6 Å². The first-order valence-corrected chi connectivity index (χ1v) is 6.54. The zero-order valence-electron chi connectivity index (χ0n) is 11.0. The third-order valence-electron chi connectivity index (χ3n) is 3.91. The van der Waals surface area contributed by atoms with Gasteiger partial charge in [0.2, 0.25) is 0 Å². The van der Waals surface area contributed by atoms with E-state index in [2.05, 4.69) is 4.98 Å². The SMILES string of the molecule is Cc1cc2c([nH]c(=O)n2C2CCN([NH-])CC2)c(F)c1F. The molecule has 0 radical (unpaired) electrons. The van der Waals surface area contributed by atoms with E-state index in [1.165, 1.54) is 22.6 Å². The Kier molecular flexibility index (Phi) is 3.10. The fourth-order valence-electron chi connectivity index (χ4n) is 2.81. The fourth-order valence-corrected chi connectivity index (χ4v) is 2.81. The van der Waals surface area contributed by atoms with E-state index < -0.39 is 17.3 Å². The zero-order chi connectivity index (χ0) is 14.4. The lowest BCUT2D eigenvalue weighted by atomic mass is 10.1. The number of benzene rings is 1. The average molecular weight is 281 g/mol. The monoisotopic (exact) mass is 281 g/mol. The summed E-state index contributed by atoms with van der Waals surface area (Å²) >= 11 is 0. The quantitative estimate of drug-likeness (QED) is 0.873. The standard InChI is InChI=1S/C13H15F2N4O/c1-7-6-9-12(11(15)10(7)14)17-13(20)19(9)8-2-4-18(16)5-3-8/h6,8,16H,2-5H2,1H3,(H,17,20)/q-1. The first kappa shape index (κ1) is 13.3. The molecule has 1 aromatic heterocycles. The van der Waals surface area contributed by atoms with Gasteiger partial charge in [-0.25, -0.2) is 13.6 Å². The van der Waals surface area contributed by atoms with Crippen molar-refractivity contribution in [2.45, 2.75) is 25.8 Å². The number of nitrogens with one attached hydrogen (secondary N) is 2. The summed E-state index contributed by atoms with van der Waals surface area (Å²) in [7, 11) is 0. The highest BCUT2D eigenvalue weighted by Gasteiger charge is 2.23. The van der Waals surface area contributed by atoms with Gasteiger partial charge in [-0.2, -0.15) is 0 Å². The van der Waals surface area contributed by atoms with Gasteiger partial charge in [0.1, 0.15) is 5.52 Å². The number of aromatic amines is 1. The molecule has 0 aliphatic carbocycles. The van der Waals surface area contributed by atoms with Gasteiger partial charge in [0.15, 0.2) is 11.6 Å². The normalized spacial score (nSPS) is 18.0. The van der Waals surface area contributed by atoms with Crippen LogP contribution in [0.5, 0.6) is 0 Å². The Hall–Kier alpha value is -1.73. The molecule has 7 heteroatoms. The van der Waals surface area contributed by atoms with E-state index in [9.17, 15) is 13.6 Å². The molecule has 1 saturated heterocycles. The van der Waals surface area contributed by atoms with Gasteiger partial charge in [0.05, 0.1) is 5.52 Å². The molecule has 0 spiro atoms. The van der Waals surface area contributed by atoms with Gasteiger partial charge in [0, 0.05) is 6.04 Å². The van der Waals surface area contributed by atoms with Crippen molar-refractivity contribution in [2.24, 2.45) is 0 Å². The summed E-state index contributed by atoms with van der Waals surface area (Å²) in [6.07, 6.45) is 1.29. The number of aromatic nitrogens is 2. The van der Waals surface area contributed by atoms with Crippen LogP contribution in [0.4, 0.5) is 8.78 Å². The van der Waals surface area contributed by atoms with Crippen molar-refractivity contribution in [1.29, 1.82) is 0 Å². The second-order valence-electron chi connectivity index (χ2n) is 5.23. The van der Waals surface area contributed by atoms with Crippen LogP contribution in [-0.2, 0) is 0 Å². The number of H-pyrrole nitrogens is 1. The topological polar surface area (TPSA) is 64.8 Å². The number of rotatable bonds is 1. The third kappa shape index (κ3) is 1.94. The molecular formula is C13H15F2N4O-. The van der Waals surface area contributed by atoms with E-state index >= 15 is 0 Å². The molecule has 0 atom stereocenters. The van der Waals surface area contributed by atoms with Crippen molar-refractivity contribution in [1.82, 2.24) is 14.6 Å². The number of aryl methyl sites for hydroxylation is 1. The molecule has 1 aliphatic heterocycles. The Morgan fingerprint density at radius 1 is 1.30 bits per heavy atom. The molecule has 3 rings (SSSR count). The number of hydrogen-bond acceptors (Lipinski definition) is 2. The van der Waals surface area contributed by atoms with Crippen molar-refractivity contribution < 1.29 is 8.78 Å². The van der Waals surface area contributed by atoms with E-state index in [1.807, 2.05) is 0 Å². The predicted octanol–water partition coefficient (Wildman–Crippen LogP) is 2.52. The van der Waals surface area contributed by atoms with E-state index in [0.29, 0.717) is 31.4 Å². The van der Waals surface area contributed by atoms with Crippen molar-refractivity contribution >= 4 is 11.0 Å². The van der Waals surface area contributed by atoms with Gasteiger partial charge in [-0.1, -0.05) is 0 Å². The molecule has 2 N–H and O–H groups in total. The number of piperidine rings is 1. The van der Waals surface area contributed by atoms with Gasteiger partial charge in [-0.15, -0.1) is 0 Å². The van der Waals surface area contributed by atoms with Crippen molar-refractivity contribution in [2.75, 3.05) is 13.1 Å². The Bertz CT molecular complexity index is 713. The number of imidazole rings is 1. The third-order valence-corrected chi connectivity index (χ3v) is 3.91. The van der Waals surface area contributed by atoms with Crippen molar-refractivity contribution in [3.05, 3.63) is 39.6 Å². The maximum atomic E-state index is 13.9. The molecule has 5 nitrogen and oxygen atoms in total. The lowest BCUT2D eigenvalue weighted by Crippen LogP contribution is -2.33. The fraction of sp³-hybridized carbons (Fsp3) is 0.462. The largest absolute Gasteiger partial charge is 0.610 e. The average Bonchev–Trinajstić information content (AvgIpc) is 2.74. The summed E-state index contributed by atoms with van der Waals surface area (Å²) in [5.41, 5.74) is 0.0780. The second kappa shape index (κ2) is 4.68. The Morgan fingerprint density at radius 3 is 2.60 bits per heavy atom. The number of halogens is 2. The summed E-state index contributed by atoms with van der Waals surface area (Å²) in [4.78, 5) is 14.5. The minimum Gasteiger partial charge on any atom is -0.610 e. The number of fused-ring (bicyclic) bond motifs is 1. The number of nitrogens with zero attached hydrogens (tertiary/aromatic N) is 2. The van der Waals surface area contributed by atoms with Crippen LogP contribution < -0.4 is 5.69 Å². The molecule has 1 fully saturated rings. The molecule has 1 aliphatic rings. The van der Waals surface area contributed by atoms with Crippen LogP contribution in [0.1, 0.15) is 24.4 Å². The summed E-state index contributed by atoms with van der Waals surface area (Å²) in [5.74, 6) is 5.60. The second-order valence-corrected chi connectivity index (χ2v) is 5.23. The molecule has 0 bridgehead atoms. The molecule has 0 saturated carbocycles. The van der Waals surface area contributed by atoms with Gasteiger partial charge >= 0.3 is 5.69 Å². The summed E-state index contributed by atoms with van der Waals surface area (Å²) < 4.78 is 28.9. The lowest BCUT2D eigenvalue weighted by Gasteiger charge is -2.35. The highest BCUT2D eigenvalue weighted by molar-refractivity contribution is 5.77. The van der Waals surface area contributed by atoms with Gasteiger partial charge in [-0.05, 0) is 44.5 Å². The highest BCUT2D eigenvalue weighted by Crippen LogP contribution is 2.27. The Labute approximate surface area is 113 Å². The summed E-state index contributed by atoms with van der Waals surface area (Å²) in [6.45, 7) is 2.60. The van der Waals surface area contributed by atoms with Crippen LogP contribution in [0, 0.1) is 18.6 Å². The van der Waals surface area contributed by atoms with E-state index in [0.717, 1.165) is 0 Å². The molecule has 2 aromatic rings. The molecule has 108 valence electrons. The Morgan fingerprint density at radius 2 is 1.95 bits per heavy atom. The highest BCUT2D eigenvalue weighted by atomic mass is 19.2. The van der Waals surface area contributed by atoms with Crippen molar-refractivity contribution in [3.63, 3.8) is 0 Å². The smallest absolute Gasteiger partial charge is 0.326 e. The van der Waals surface area contributed by atoms with Crippen molar-refractivity contribution in [3.8, 4) is 0 Å². The summed E-state index contributed by atoms with van der Waals surface area (Å²) in [6, 6.07) is 1.42. The van der Waals surface area contributed by atoms with Crippen LogP contribution >= 0.6 is 0 Å². The minimum atomic E-state index is -1.01. The zero-order valence-corrected chi connectivity index (χ0v) is 11.0. The first-order chi connectivity index (χ1) is 9.49. The van der Waals surface area contributed by atoms with Crippen LogP contribution in [0.2, 0.25) is 0 Å². The minimum absolute atomic E-state index is 0.0774. The van der Waals surface area contributed by atoms with E-state index in [-0.39, 0.29) is 17.1 Å². The van der Waals surface area contributed by atoms with E-state index in [4.69, 9.17) is 5.84 Å². The first-order valence-electron chi connectivity index (χ1n) is 6.54. The van der Waals surface area contributed by atoms with Crippen LogP contribution in [0.3, 0.4) is 0 Å². The van der Waals surface area contributed by atoms with Crippen LogP contribution in [0.25, 0.3) is 16.9 Å². The van der Waals surface area contributed by atoms with Gasteiger partial charge < -0.3 is 15.8 Å². The van der Waals surface area contributed by atoms with Gasteiger partial charge in [-0.3, -0.25) is 4.57 Å². The van der Waals surface area contributed by atoms with Gasteiger partial charge in [0.25, 0.3) is 0 Å². The molecule has 0 amide bonds.